The Balaban J connectivity index is 1.76. The van der Waals surface area contributed by atoms with Crippen molar-refractivity contribution in [2.45, 2.75) is 51.7 Å². The van der Waals surface area contributed by atoms with Crippen LogP contribution in [-0.2, 0) is 4.74 Å². The van der Waals surface area contributed by atoms with E-state index >= 15 is 0 Å². The van der Waals surface area contributed by atoms with Gasteiger partial charge in [0.15, 0.2) is 0 Å². The Morgan fingerprint density at radius 1 is 1.25 bits per heavy atom. The summed E-state index contributed by atoms with van der Waals surface area (Å²) in [5.41, 5.74) is 5.61. The van der Waals surface area contributed by atoms with E-state index in [1.807, 2.05) is 25.7 Å². The first-order chi connectivity index (χ1) is 9.33. The molecule has 0 bridgehead atoms. The van der Waals surface area contributed by atoms with Crippen LogP contribution in [0, 0.1) is 5.92 Å². The molecule has 2 N–H and O–H groups in total. The fourth-order valence-corrected chi connectivity index (χ4v) is 3.10. The average Bonchev–Trinajstić information content (AvgIpc) is 2.75. The SMILES string of the molecule is CC(C)(C)OC(=O)N1CCC(CN2CCCC(N)C2)C1. The summed E-state index contributed by atoms with van der Waals surface area (Å²) >= 11 is 0. The topological polar surface area (TPSA) is 58.8 Å². The fourth-order valence-electron chi connectivity index (χ4n) is 3.10. The molecule has 2 rings (SSSR count). The molecule has 2 unspecified atom stereocenters. The maximum atomic E-state index is 12.0. The van der Waals surface area contributed by atoms with Crippen molar-refractivity contribution in [1.29, 1.82) is 0 Å². The summed E-state index contributed by atoms with van der Waals surface area (Å²) in [6, 6.07) is 0.326. The van der Waals surface area contributed by atoms with Gasteiger partial charge in [0.25, 0.3) is 0 Å². The van der Waals surface area contributed by atoms with Crippen LogP contribution in [0.2, 0.25) is 0 Å². The van der Waals surface area contributed by atoms with E-state index in [0.717, 1.165) is 45.6 Å². The monoisotopic (exact) mass is 283 g/mol. The molecule has 116 valence electrons. The molecule has 2 atom stereocenters. The Morgan fingerprint density at radius 3 is 2.65 bits per heavy atom. The molecule has 1 amide bonds. The first-order valence-corrected chi connectivity index (χ1v) is 7.79. The summed E-state index contributed by atoms with van der Waals surface area (Å²) in [5.74, 6) is 0.563. The van der Waals surface area contributed by atoms with Gasteiger partial charge in [-0.2, -0.15) is 0 Å². The Labute approximate surface area is 122 Å². The normalized spacial score (nSPS) is 28.7. The van der Waals surface area contributed by atoms with Gasteiger partial charge in [-0.15, -0.1) is 0 Å². The zero-order valence-corrected chi connectivity index (χ0v) is 13.1. The summed E-state index contributed by atoms with van der Waals surface area (Å²) in [5, 5.41) is 0. The molecule has 5 heteroatoms. The predicted octanol–water partition coefficient (Wildman–Crippen LogP) is 1.67. The number of rotatable bonds is 2. The summed E-state index contributed by atoms with van der Waals surface area (Å²) in [6.07, 6.45) is 3.25. The largest absolute Gasteiger partial charge is 0.444 e. The van der Waals surface area contributed by atoms with E-state index in [0.29, 0.717) is 12.0 Å². The Kier molecular flexibility index (Phi) is 4.91. The van der Waals surface area contributed by atoms with Crippen LogP contribution in [0.25, 0.3) is 0 Å². The van der Waals surface area contributed by atoms with Crippen molar-refractivity contribution in [3.63, 3.8) is 0 Å². The van der Waals surface area contributed by atoms with E-state index in [2.05, 4.69) is 4.90 Å². The standard InChI is InChI=1S/C15H29N3O2/c1-15(2,3)20-14(19)18-8-6-12(10-18)9-17-7-4-5-13(16)11-17/h12-13H,4-11,16H2,1-3H3. The highest BCUT2D eigenvalue weighted by molar-refractivity contribution is 5.68. The van der Waals surface area contributed by atoms with Gasteiger partial charge in [-0.1, -0.05) is 0 Å². The van der Waals surface area contributed by atoms with E-state index in [4.69, 9.17) is 10.5 Å². The number of amides is 1. The molecule has 0 aromatic rings. The van der Waals surface area contributed by atoms with Crippen LogP contribution in [0.5, 0.6) is 0 Å². The third-order valence-electron chi connectivity index (χ3n) is 4.00. The van der Waals surface area contributed by atoms with Crippen LogP contribution in [0.3, 0.4) is 0 Å². The molecule has 0 aromatic carbocycles. The van der Waals surface area contributed by atoms with Gasteiger partial charge in [0.1, 0.15) is 5.60 Å². The third-order valence-corrected chi connectivity index (χ3v) is 4.00. The highest BCUT2D eigenvalue weighted by Crippen LogP contribution is 2.21. The minimum atomic E-state index is -0.408. The van der Waals surface area contributed by atoms with Crippen molar-refractivity contribution >= 4 is 6.09 Å². The number of likely N-dealkylation sites (tertiary alicyclic amines) is 2. The molecule has 20 heavy (non-hydrogen) atoms. The minimum absolute atomic E-state index is 0.171. The Bertz CT molecular complexity index is 341. The summed E-state index contributed by atoms with van der Waals surface area (Å²) in [4.78, 5) is 16.3. The smallest absolute Gasteiger partial charge is 0.410 e. The predicted molar refractivity (Wildman–Crippen MR) is 79.6 cm³/mol. The fraction of sp³-hybridized carbons (Fsp3) is 0.933. The van der Waals surface area contributed by atoms with Gasteiger partial charge in [-0.25, -0.2) is 4.79 Å². The number of nitrogens with two attached hydrogens (primary N) is 1. The molecule has 2 aliphatic rings. The van der Waals surface area contributed by atoms with E-state index < -0.39 is 5.60 Å². The van der Waals surface area contributed by atoms with Crippen LogP contribution in [0.1, 0.15) is 40.0 Å². The highest BCUT2D eigenvalue weighted by atomic mass is 16.6. The van der Waals surface area contributed by atoms with E-state index in [-0.39, 0.29) is 6.09 Å². The highest BCUT2D eigenvalue weighted by Gasteiger charge is 2.31. The average molecular weight is 283 g/mol. The Morgan fingerprint density at radius 2 is 2.00 bits per heavy atom. The molecular formula is C15H29N3O2. The molecular weight excluding hydrogens is 254 g/mol. The van der Waals surface area contributed by atoms with E-state index in [1.165, 1.54) is 6.42 Å². The summed E-state index contributed by atoms with van der Waals surface area (Å²) in [7, 11) is 0. The lowest BCUT2D eigenvalue weighted by Gasteiger charge is -2.32. The molecule has 5 nitrogen and oxygen atoms in total. The molecule has 0 saturated carbocycles. The lowest BCUT2D eigenvalue weighted by Crippen LogP contribution is -2.45. The quantitative estimate of drug-likeness (QED) is 0.837. The molecule has 0 spiro atoms. The van der Waals surface area contributed by atoms with Crippen LogP contribution in [0.15, 0.2) is 0 Å². The van der Waals surface area contributed by atoms with Gasteiger partial charge in [0, 0.05) is 32.2 Å². The summed E-state index contributed by atoms with van der Waals surface area (Å²) in [6.45, 7) is 10.6. The van der Waals surface area contributed by atoms with E-state index in [9.17, 15) is 4.79 Å². The first-order valence-electron chi connectivity index (χ1n) is 7.79. The van der Waals surface area contributed by atoms with Crippen molar-refractivity contribution in [3.8, 4) is 0 Å². The van der Waals surface area contributed by atoms with Crippen molar-refractivity contribution in [1.82, 2.24) is 9.80 Å². The van der Waals surface area contributed by atoms with E-state index in [1.54, 1.807) is 0 Å². The number of carbonyl (C=O) groups is 1. The molecule has 0 aliphatic carbocycles. The molecule has 2 fully saturated rings. The number of nitrogens with zero attached hydrogens (tertiary/aromatic N) is 2. The molecule has 2 heterocycles. The van der Waals surface area contributed by atoms with Gasteiger partial charge in [0.05, 0.1) is 0 Å². The Hall–Kier alpha value is -0.810. The maximum Gasteiger partial charge on any atom is 0.410 e. The van der Waals surface area contributed by atoms with Crippen molar-refractivity contribution < 1.29 is 9.53 Å². The van der Waals surface area contributed by atoms with Gasteiger partial charge in [-0.05, 0) is 52.5 Å². The van der Waals surface area contributed by atoms with Crippen LogP contribution in [-0.4, -0.2) is 60.3 Å². The summed E-state index contributed by atoms with van der Waals surface area (Å²) < 4.78 is 5.43. The third kappa shape index (κ3) is 4.63. The second kappa shape index (κ2) is 6.31. The molecule has 0 radical (unpaired) electrons. The van der Waals surface area contributed by atoms with Gasteiger partial charge < -0.3 is 20.3 Å². The number of ether oxygens (including phenoxy) is 1. The van der Waals surface area contributed by atoms with Gasteiger partial charge in [-0.3, -0.25) is 0 Å². The zero-order chi connectivity index (χ0) is 14.8. The van der Waals surface area contributed by atoms with Crippen LogP contribution < -0.4 is 5.73 Å². The van der Waals surface area contributed by atoms with Gasteiger partial charge in [0.2, 0.25) is 0 Å². The van der Waals surface area contributed by atoms with Crippen LogP contribution >= 0.6 is 0 Å². The van der Waals surface area contributed by atoms with Crippen LogP contribution in [0.4, 0.5) is 4.79 Å². The second-order valence-corrected chi connectivity index (χ2v) is 7.24. The number of hydrogen-bond donors (Lipinski definition) is 1. The lowest BCUT2D eigenvalue weighted by molar-refractivity contribution is 0.0284. The molecule has 2 aliphatic heterocycles. The first kappa shape index (κ1) is 15.6. The molecule has 2 saturated heterocycles. The number of carbonyl (C=O) groups excluding carboxylic acids is 1. The molecule has 0 aromatic heterocycles. The minimum Gasteiger partial charge on any atom is -0.444 e. The zero-order valence-electron chi connectivity index (χ0n) is 13.1. The van der Waals surface area contributed by atoms with Gasteiger partial charge >= 0.3 is 6.09 Å². The van der Waals surface area contributed by atoms with Crippen molar-refractivity contribution in [3.05, 3.63) is 0 Å². The van der Waals surface area contributed by atoms with Crippen molar-refractivity contribution in [2.24, 2.45) is 11.7 Å². The second-order valence-electron chi connectivity index (χ2n) is 7.24. The number of piperidine rings is 1. The maximum absolute atomic E-state index is 12.0. The van der Waals surface area contributed by atoms with Crippen molar-refractivity contribution in [2.75, 3.05) is 32.7 Å². The number of hydrogen-bond acceptors (Lipinski definition) is 4. The lowest BCUT2D eigenvalue weighted by atomic mass is 10.0.